The van der Waals surface area contributed by atoms with Gasteiger partial charge in [0.1, 0.15) is 0 Å². The minimum atomic E-state index is 0.459. The van der Waals surface area contributed by atoms with Crippen LogP contribution >= 0.6 is 23.5 Å². The number of nitrogens with zero attached hydrogens (tertiary/aromatic N) is 2. The Hall–Kier alpha value is 0.460. The summed E-state index contributed by atoms with van der Waals surface area (Å²) >= 11 is 3.87. The van der Waals surface area contributed by atoms with E-state index in [0.717, 1.165) is 75.5 Å². The molecule has 1 fully saturated rings. The Balaban J connectivity index is 2.54. The third kappa shape index (κ3) is 8.71. The molecule has 1 heterocycles. The maximum absolute atomic E-state index is 5.58. The topological polar surface area (TPSA) is 77.0 Å². The standard InChI is InChI=1S/C16H36N4O2S2/c1-21-13-15-11-20(6-10-24-8-4-18)16(14-22-2)12-19(15)5-9-23-7-3-17/h15-16H,3-14,17-18H2,1-2H3. The van der Waals surface area contributed by atoms with Gasteiger partial charge < -0.3 is 20.9 Å². The van der Waals surface area contributed by atoms with Crippen molar-refractivity contribution in [3.8, 4) is 0 Å². The van der Waals surface area contributed by atoms with E-state index in [0.29, 0.717) is 12.1 Å². The molecule has 24 heavy (non-hydrogen) atoms. The molecule has 0 radical (unpaired) electrons. The van der Waals surface area contributed by atoms with Gasteiger partial charge in [-0.15, -0.1) is 0 Å². The Bertz CT molecular complexity index is 275. The van der Waals surface area contributed by atoms with Crippen LogP contribution in [0.15, 0.2) is 0 Å². The molecular weight excluding hydrogens is 344 g/mol. The van der Waals surface area contributed by atoms with Gasteiger partial charge in [-0.2, -0.15) is 23.5 Å². The highest BCUT2D eigenvalue weighted by molar-refractivity contribution is 7.99. The molecular formula is C16H36N4O2S2. The lowest BCUT2D eigenvalue weighted by atomic mass is 10.1. The molecule has 144 valence electrons. The zero-order chi connectivity index (χ0) is 17.6. The third-order valence-electron chi connectivity index (χ3n) is 4.21. The van der Waals surface area contributed by atoms with Gasteiger partial charge in [-0.05, 0) is 0 Å². The molecule has 1 aliphatic heterocycles. The molecule has 0 aliphatic carbocycles. The average molecular weight is 381 g/mol. The van der Waals surface area contributed by atoms with E-state index in [4.69, 9.17) is 20.9 Å². The number of methoxy groups -OCH3 is 2. The summed E-state index contributed by atoms with van der Waals surface area (Å²) in [5.74, 6) is 4.33. The van der Waals surface area contributed by atoms with Crippen molar-refractivity contribution in [3.05, 3.63) is 0 Å². The fraction of sp³-hybridized carbons (Fsp3) is 1.00. The highest BCUT2D eigenvalue weighted by Gasteiger charge is 2.33. The van der Waals surface area contributed by atoms with E-state index in [2.05, 4.69) is 9.80 Å². The van der Waals surface area contributed by atoms with E-state index in [-0.39, 0.29) is 0 Å². The first-order valence-corrected chi connectivity index (χ1v) is 11.1. The van der Waals surface area contributed by atoms with Crippen molar-refractivity contribution in [2.24, 2.45) is 11.5 Å². The molecule has 0 spiro atoms. The van der Waals surface area contributed by atoms with Gasteiger partial charge in [0.15, 0.2) is 0 Å². The van der Waals surface area contributed by atoms with Crippen LogP contribution in [-0.4, -0.2) is 112 Å². The van der Waals surface area contributed by atoms with Crippen molar-refractivity contribution >= 4 is 23.5 Å². The molecule has 8 heteroatoms. The molecule has 2 atom stereocenters. The van der Waals surface area contributed by atoms with Crippen molar-refractivity contribution in [3.63, 3.8) is 0 Å². The van der Waals surface area contributed by atoms with Crippen LogP contribution in [-0.2, 0) is 9.47 Å². The van der Waals surface area contributed by atoms with Crippen molar-refractivity contribution < 1.29 is 9.47 Å². The van der Waals surface area contributed by atoms with Crippen LogP contribution in [0.3, 0.4) is 0 Å². The minimum Gasteiger partial charge on any atom is -0.383 e. The molecule has 0 aromatic rings. The number of nitrogens with two attached hydrogens (primary N) is 2. The van der Waals surface area contributed by atoms with E-state index in [1.165, 1.54) is 0 Å². The normalized spacial score (nSPS) is 23.0. The molecule has 0 aromatic carbocycles. The Morgan fingerprint density at radius 3 is 1.54 bits per heavy atom. The maximum atomic E-state index is 5.58. The van der Waals surface area contributed by atoms with Crippen molar-refractivity contribution in [1.82, 2.24) is 9.80 Å². The van der Waals surface area contributed by atoms with Crippen LogP contribution in [0.5, 0.6) is 0 Å². The molecule has 0 bridgehead atoms. The smallest absolute Gasteiger partial charge is 0.0630 e. The molecule has 1 saturated heterocycles. The molecule has 0 amide bonds. The van der Waals surface area contributed by atoms with Crippen molar-refractivity contribution in [2.75, 3.05) is 89.7 Å². The summed E-state index contributed by atoms with van der Waals surface area (Å²) in [5, 5.41) is 0. The fourth-order valence-corrected chi connectivity index (χ4v) is 4.52. The largest absolute Gasteiger partial charge is 0.383 e. The molecule has 0 saturated carbocycles. The third-order valence-corrected chi connectivity index (χ3v) is 6.20. The number of ether oxygens (including phenoxy) is 2. The monoisotopic (exact) mass is 380 g/mol. The highest BCUT2D eigenvalue weighted by atomic mass is 32.2. The first-order valence-electron chi connectivity index (χ1n) is 8.78. The van der Waals surface area contributed by atoms with Gasteiger partial charge in [-0.3, -0.25) is 9.80 Å². The van der Waals surface area contributed by atoms with Crippen molar-refractivity contribution in [1.29, 1.82) is 0 Å². The highest BCUT2D eigenvalue weighted by Crippen LogP contribution is 2.18. The lowest BCUT2D eigenvalue weighted by Gasteiger charge is -2.46. The molecule has 6 nitrogen and oxygen atoms in total. The molecule has 2 unspecified atom stereocenters. The predicted molar refractivity (Wildman–Crippen MR) is 107 cm³/mol. The Morgan fingerprint density at radius 2 is 1.21 bits per heavy atom. The number of hydrogen-bond acceptors (Lipinski definition) is 8. The van der Waals surface area contributed by atoms with E-state index in [1.807, 2.05) is 23.5 Å². The summed E-state index contributed by atoms with van der Waals surface area (Å²) < 4.78 is 11.0. The first-order chi connectivity index (χ1) is 11.8. The average Bonchev–Trinajstić information content (AvgIpc) is 2.58. The maximum Gasteiger partial charge on any atom is 0.0630 e. The summed E-state index contributed by atoms with van der Waals surface area (Å²) in [5.41, 5.74) is 11.2. The van der Waals surface area contributed by atoms with E-state index < -0.39 is 0 Å². The van der Waals surface area contributed by atoms with Crippen LogP contribution in [0, 0.1) is 0 Å². The summed E-state index contributed by atoms with van der Waals surface area (Å²) in [6.07, 6.45) is 0. The van der Waals surface area contributed by atoms with Crippen LogP contribution in [0.1, 0.15) is 0 Å². The molecule has 1 aliphatic rings. The summed E-state index contributed by atoms with van der Waals surface area (Å²) in [6.45, 7) is 7.36. The van der Waals surface area contributed by atoms with Gasteiger partial charge in [0, 0.05) is 88.6 Å². The van der Waals surface area contributed by atoms with E-state index in [1.54, 1.807) is 14.2 Å². The number of piperazine rings is 1. The second kappa shape index (κ2) is 14.6. The summed E-state index contributed by atoms with van der Waals surface area (Å²) in [6, 6.07) is 0.919. The SMILES string of the molecule is COCC1CN(CCSCCN)C(COC)CN1CCSCCN. The van der Waals surface area contributed by atoms with Crippen molar-refractivity contribution in [2.45, 2.75) is 12.1 Å². The van der Waals surface area contributed by atoms with Crippen LogP contribution in [0.2, 0.25) is 0 Å². The van der Waals surface area contributed by atoms with Crippen LogP contribution in [0.25, 0.3) is 0 Å². The van der Waals surface area contributed by atoms with E-state index >= 15 is 0 Å². The van der Waals surface area contributed by atoms with Gasteiger partial charge in [0.2, 0.25) is 0 Å². The van der Waals surface area contributed by atoms with Gasteiger partial charge in [-0.1, -0.05) is 0 Å². The van der Waals surface area contributed by atoms with Crippen LogP contribution in [0.4, 0.5) is 0 Å². The number of hydrogen-bond donors (Lipinski definition) is 2. The van der Waals surface area contributed by atoms with Gasteiger partial charge >= 0.3 is 0 Å². The second-order valence-electron chi connectivity index (χ2n) is 6.01. The quantitative estimate of drug-likeness (QED) is 0.409. The Kier molecular flexibility index (Phi) is 13.7. The Labute approximate surface area is 156 Å². The van der Waals surface area contributed by atoms with Gasteiger partial charge in [-0.25, -0.2) is 0 Å². The number of rotatable bonds is 14. The van der Waals surface area contributed by atoms with Crippen LogP contribution < -0.4 is 11.5 Å². The lowest BCUT2D eigenvalue weighted by Crippen LogP contribution is -2.61. The zero-order valence-corrected chi connectivity index (χ0v) is 17.0. The fourth-order valence-electron chi connectivity index (χ4n) is 3.05. The molecule has 1 rings (SSSR count). The van der Waals surface area contributed by atoms with E-state index in [9.17, 15) is 0 Å². The second-order valence-corrected chi connectivity index (χ2v) is 8.46. The van der Waals surface area contributed by atoms with Gasteiger partial charge in [0.25, 0.3) is 0 Å². The first kappa shape index (κ1) is 22.5. The lowest BCUT2D eigenvalue weighted by molar-refractivity contribution is -0.0233. The predicted octanol–water partition coefficient (Wildman–Crippen LogP) is 0.0178. The molecule has 0 aromatic heterocycles. The summed E-state index contributed by atoms with van der Waals surface area (Å²) in [7, 11) is 3.59. The minimum absolute atomic E-state index is 0.459. The number of thioether (sulfide) groups is 2. The van der Waals surface area contributed by atoms with Gasteiger partial charge in [0.05, 0.1) is 13.2 Å². The summed E-state index contributed by atoms with van der Waals surface area (Å²) in [4.78, 5) is 5.14. The zero-order valence-electron chi connectivity index (χ0n) is 15.3. The molecule has 4 N–H and O–H groups in total. The Morgan fingerprint density at radius 1 is 0.792 bits per heavy atom.